The van der Waals surface area contributed by atoms with Crippen LogP contribution in [0.25, 0.3) is 0 Å². The van der Waals surface area contributed by atoms with E-state index in [1.165, 1.54) is 0 Å². The number of amides is 3. The summed E-state index contributed by atoms with van der Waals surface area (Å²) in [6.07, 6.45) is 1.99. The molecule has 0 aromatic heterocycles. The summed E-state index contributed by atoms with van der Waals surface area (Å²) in [6.45, 7) is 6.39. The predicted molar refractivity (Wildman–Crippen MR) is 81.8 cm³/mol. The van der Waals surface area contributed by atoms with E-state index in [9.17, 15) is 9.59 Å². The van der Waals surface area contributed by atoms with Gasteiger partial charge in [0.2, 0.25) is 5.91 Å². The number of carbonyl (C=O) groups excluding carboxylic acids is 2. The SMILES string of the molecule is CCCCNC(=O)Nc1cccc(NC(=O)C(C)C)c1. The van der Waals surface area contributed by atoms with Crippen LogP contribution in [0.4, 0.5) is 16.2 Å². The third-order valence-corrected chi connectivity index (χ3v) is 2.73. The third-order valence-electron chi connectivity index (χ3n) is 2.73. The molecule has 0 heterocycles. The lowest BCUT2D eigenvalue weighted by Crippen LogP contribution is -2.29. The molecule has 0 aliphatic carbocycles. The lowest BCUT2D eigenvalue weighted by molar-refractivity contribution is -0.118. The Morgan fingerprint density at radius 1 is 1.15 bits per heavy atom. The zero-order valence-corrected chi connectivity index (χ0v) is 12.3. The molecule has 3 N–H and O–H groups in total. The number of hydrogen-bond acceptors (Lipinski definition) is 2. The summed E-state index contributed by atoms with van der Waals surface area (Å²) in [5, 5.41) is 8.31. The molecule has 0 atom stereocenters. The summed E-state index contributed by atoms with van der Waals surface area (Å²) >= 11 is 0. The van der Waals surface area contributed by atoms with E-state index in [1.54, 1.807) is 24.3 Å². The molecule has 0 bridgehead atoms. The van der Waals surface area contributed by atoms with E-state index in [2.05, 4.69) is 22.9 Å². The summed E-state index contributed by atoms with van der Waals surface area (Å²) in [5.74, 6) is -0.126. The number of hydrogen-bond donors (Lipinski definition) is 3. The Morgan fingerprint density at radius 3 is 2.40 bits per heavy atom. The molecule has 0 aliphatic rings. The first-order valence-electron chi connectivity index (χ1n) is 6.98. The number of carbonyl (C=O) groups is 2. The first kappa shape index (κ1) is 16.0. The van der Waals surface area contributed by atoms with Crippen molar-refractivity contribution in [1.29, 1.82) is 0 Å². The van der Waals surface area contributed by atoms with Gasteiger partial charge in [0.1, 0.15) is 0 Å². The first-order chi connectivity index (χ1) is 9.52. The highest BCUT2D eigenvalue weighted by Gasteiger charge is 2.07. The molecular formula is C15H23N3O2. The molecule has 5 nitrogen and oxygen atoms in total. The van der Waals surface area contributed by atoms with Crippen LogP contribution in [0.5, 0.6) is 0 Å². The van der Waals surface area contributed by atoms with Crippen LogP contribution in [0.2, 0.25) is 0 Å². The molecule has 1 aromatic carbocycles. The molecule has 0 radical (unpaired) electrons. The summed E-state index contributed by atoms with van der Waals surface area (Å²) in [7, 11) is 0. The highest BCUT2D eigenvalue weighted by atomic mass is 16.2. The van der Waals surface area contributed by atoms with Crippen LogP contribution in [0.15, 0.2) is 24.3 Å². The van der Waals surface area contributed by atoms with Crippen LogP contribution in [0, 0.1) is 5.92 Å². The fourth-order valence-electron chi connectivity index (χ4n) is 1.52. The van der Waals surface area contributed by atoms with Crippen molar-refractivity contribution < 1.29 is 9.59 Å². The van der Waals surface area contributed by atoms with Crippen molar-refractivity contribution in [2.45, 2.75) is 33.6 Å². The standard InChI is InChI=1S/C15H23N3O2/c1-4-5-9-16-15(20)18-13-8-6-7-12(10-13)17-14(19)11(2)3/h6-8,10-11H,4-5,9H2,1-3H3,(H,17,19)(H2,16,18,20). The second-order valence-electron chi connectivity index (χ2n) is 4.96. The Kier molecular flexibility index (Phi) is 6.56. The lowest BCUT2D eigenvalue weighted by Gasteiger charge is -2.10. The molecule has 20 heavy (non-hydrogen) atoms. The Balaban J connectivity index is 2.55. The van der Waals surface area contributed by atoms with Crippen molar-refractivity contribution in [3.05, 3.63) is 24.3 Å². The Labute approximate surface area is 120 Å². The molecule has 110 valence electrons. The molecule has 1 rings (SSSR count). The molecule has 3 amide bonds. The van der Waals surface area contributed by atoms with Crippen molar-refractivity contribution in [3.8, 4) is 0 Å². The molecule has 0 saturated carbocycles. The maximum atomic E-state index is 11.6. The second kappa shape index (κ2) is 8.19. The van der Waals surface area contributed by atoms with Crippen LogP contribution < -0.4 is 16.0 Å². The van der Waals surface area contributed by atoms with Crippen LogP contribution in [-0.4, -0.2) is 18.5 Å². The van der Waals surface area contributed by atoms with Crippen molar-refractivity contribution >= 4 is 23.3 Å². The molecule has 0 unspecified atom stereocenters. The smallest absolute Gasteiger partial charge is 0.319 e. The number of rotatable bonds is 6. The lowest BCUT2D eigenvalue weighted by atomic mass is 10.2. The maximum Gasteiger partial charge on any atom is 0.319 e. The van der Waals surface area contributed by atoms with E-state index >= 15 is 0 Å². The summed E-state index contributed by atoms with van der Waals surface area (Å²) in [5.41, 5.74) is 1.33. The van der Waals surface area contributed by atoms with E-state index in [1.807, 2.05) is 13.8 Å². The van der Waals surface area contributed by atoms with Gasteiger partial charge in [0, 0.05) is 23.8 Å². The van der Waals surface area contributed by atoms with Gasteiger partial charge in [-0.3, -0.25) is 4.79 Å². The minimum absolute atomic E-state index is 0.0467. The second-order valence-corrected chi connectivity index (χ2v) is 4.96. The zero-order valence-electron chi connectivity index (χ0n) is 12.3. The normalized spacial score (nSPS) is 10.2. The van der Waals surface area contributed by atoms with Crippen LogP contribution >= 0.6 is 0 Å². The van der Waals surface area contributed by atoms with Gasteiger partial charge in [0.05, 0.1) is 0 Å². The van der Waals surface area contributed by atoms with Crippen LogP contribution in [0.1, 0.15) is 33.6 Å². The summed E-state index contributed by atoms with van der Waals surface area (Å²) in [4.78, 5) is 23.2. The zero-order chi connectivity index (χ0) is 15.0. The van der Waals surface area contributed by atoms with Gasteiger partial charge in [0.25, 0.3) is 0 Å². The molecule has 5 heteroatoms. The molecule has 0 fully saturated rings. The number of benzene rings is 1. The number of unbranched alkanes of at least 4 members (excludes halogenated alkanes) is 1. The average molecular weight is 277 g/mol. The van der Waals surface area contributed by atoms with Crippen molar-refractivity contribution in [2.24, 2.45) is 5.92 Å². The quantitative estimate of drug-likeness (QED) is 0.699. The summed E-state index contributed by atoms with van der Waals surface area (Å²) < 4.78 is 0. The summed E-state index contributed by atoms with van der Waals surface area (Å²) in [6, 6.07) is 6.87. The van der Waals surface area contributed by atoms with E-state index in [0.29, 0.717) is 17.9 Å². The topological polar surface area (TPSA) is 70.2 Å². The van der Waals surface area contributed by atoms with E-state index in [-0.39, 0.29) is 17.9 Å². The number of urea groups is 1. The van der Waals surface area contributed by atoms with Gasteiger partial charge in [-0.15, -0.1) is 0 Å². The first-order valence-corrected chi connectivity index (χ1v) is 6.98. The highest BCUT2D eigenvalue weighted by molar-refractivity contribution is 5.94. The van der Waals surface area contributed by atoms with E-state index < -0.39 is 0 Å². The molecule has 0 aliphatic heterocycles. The molecule has 1 aromatic rings. The molecular weight excluding hydrogens is 254 g/mol. The number of anilines is 2. The van der Waals surface area contributed by atoms with Crippen LogP contribution in [0.3, 0.4) is 0 Å². The Morgan fingerprint density at radius 2 is 1.80 bits per heavy atom. The van der Waals surface area contributed by atoms with Gasteiger partial charge in [-0.25, -0.2) is 4.79 Å². The Hall–Kier alpha value is -2.04. The third kappa shape index (κ3) is 5.73. The van der Waals surface area contributed by atoms with Crippen molar-refractivity contribution in [1.82, 2.24) is 5.32 Å². The highest BCUT2D eigenvalue weighted by Crippen LogP contribution is 2.15. The van der Waals surface area contributed by atoms with Crippen molar-refractivity contribution in [3.63, 3.8) is 0 Å². The van der Waals surface area contributed by atoms with Gasteiger partial charge in [-0.05, 0) is 24.6 Å². The van der Waals surface area contributed by atoms with Gasteiger partial charge >= 0.3 is 6.03 Å². The van der Waals surface area contributed by atoms with E-state index in [0.717, 1.165) is 12.8 Å². The average Bonchev–Trinajstić information content (AvgIpc) is 2.39. The molecule has 0 saturated heterocycles. The monoisotopic (exact) mass is 277 g/mol. The van der Waals surface area contributed by atoms with E-state index in [4.69, 9.17) is 0 Å². The van der Waals surface area contributed by atoms with Gasteiger partial charge in [-0.1, -0.05) is 33.3 Å². The van der Waals surface area contributed by atoms with Gasteiger partial charge in [-0.2, -0.15) is 0 Å². The van der Waals surface area contributed by atoms with Crippen LogP contribution in [-0.2, 0) is 4.79 Å². The fourth-order valence-corrected chi connectivity index (χ4v) is 1.52. The minimum Gasteiger partial charge on any atom is -0.338 e. The van der Waals surface area contributed by atoms with Crippen molar-refractivity contribution in [2.75, 3.05) is 17.2 Å². The number of nitrogens with one attached hydrogen (secondary N) is 3. The fraction of sp³-hybridized carbons (Fsp3) is 0.467. The van der Waals surface area contributed by atoms with Gasteiger partial charge < -0.3 is 16.0 Å². The Bertz CT molecular complexity index is 458. The minimum atomic E-state index is -0.231. The molecule has 0 spiro atoms. The largest absolute Gasteiger partial charge is 0.338 e. The maximum absolute atomic E-state index is 11.6. The predicted octanol–water partition coefficient (Wildman–Crippen LogP) is 3.20. The van der Waals surface area contributed by atoms with Gasteiger partial charge in [0.15, 0.2) is 0 Å².